The molecule has 0 saturated heterocycles. The van der Waals surface area contributed by atoms with Gasteiger partial charge < -0.3 is 5.73 Å². The molecule has 1 aromatic rings. The Balaban J connectivity index is 2.25. The zero-order valence-electron chi connectivity index (χ0n) is 6.96. The molecule has 0 aromatic carbocycles. The predicted molar refractivity (Wildman–Crippen MR) is 49.5 cm³/mol. The van der Waals surface area contributed by atoms with Crippen molar-refractivity contribution in [3.63, 3.8) is 0 Å². The minimum Gasteiger partial charge on any atom is -0.319 e. The number of thiophene rings is 1. The molecule has 1 heterocycles. The third kappa shape index (κ3) is 1.19. The van der Waals surface area contributed by atoms with E-state index in [1.807, 2.05) is 19.1 Å². The highest BCUT2D eigenvalue weighted by atomic mass is 32.1. The Morgan fingerprint density at radius 3 is 2.67 bits per heavy atom. The number of hydrogen-bond acceptors (Lipinski definition) is 3. The lowest BCUT2D eigenvalue weighted by molar-refractivity contribution is 0.0953. The first kappa shape index (κ1) is 7.95. The number of hydrogen-bond donors (Lipinski definition) is 1. The highest BCUT2D eigenvalue weighted by molar-refractivity contribution is 7.14. The van der Waals surface area contributed by atoms with Crippen molar-refractivity contribution in [1.82, 2.24) is 0 Å². The molecule has 1 saturated carbocycles. The fraction of sp³-hybridized carbons (Fsp3) is 0.444. The SMILES string of the molecule is Cc1ccc(C(=O)C2(N)CC2)s1. The molecule has 0 bridgehead atoms. The Bertz CT molecular complexity index is 325. The zero-order chi connectivity index (χ0) is 8.77. The molecule has 12 heavy (non-hydrogen) atoms. The van der Waals surface area contributed by atoms with Crippen LogP contribution in [0.3, 0.4) is 0 Å². The maximum Gasteiger partial charge on any atom is 0.192 e. The summed E-state index contributed by atoms with van der Waals surface area (Å²) in [7, 11) is 0. The van der Waals surface area contributed by atoms with Gasteiger partial charge in [0.2, 0.25) is 0 Å². The summed E-state index contributed by atoms with van der Waals surface area (Å²) < 4.78 is 0. The van der Waals surface area contributed by atoms with Crippen molar-refractivity contribution in [1.29, 1.82) is 0 Å². The molecule has 3 heteroatoms. The maximum absolute atomic E-state index is 11.6. The van der Waals surface area contributed by atoms with Gasteiger partial charge in [0.25, 0.3) is 0 Å². The highest BCUT2D eigenvalue weighted by Gasteiger charge is 2.46. The van der Waals surface area contributed by atoms with Crippen molar-refractivity contribution in [3.8, 4) is 0 Å². The topological polar surface area (TPSA) is 43.1 Å². The van der Waals surface area contributed by atoms with Crippen LogP contribution < -0.4 is 5.73 Å². The molecule has 0 amide bonds. The van der Waals surface area contributed by atoms with Gasteiger partial charge in [-0.3, -0.25) is 4.79 Å². The average Bonchev–Trinajstić information content (AvgIpc) is 2.62. The third-order valence-electron chi connectivity index (χ3n) is 2.21. The number of ketones is 1. The van der Waals surface area contributed by atoms with E-state index in [0.29, 0.717) is 0 Å². The van der Waals surface area contributed by atoms with Gasteiger partial charge in [0.05, 0.1) is 10.4 Å². The number of aryl methyl sites for hydroxylation is 1. The quantitative estimate of drug-likeness (QED) is 0.706. The smallest absolute Gasteiger partial charge is 0.192 e. The molecule has 0 atom stereocenters. The van der Waals surface area contributed by atoms with E-state index < -0.39 is 5.54 Å². The number of rotatable bonds is 2. The van der Waals surface area contributed by atoms with Gasteiger partial charge in [-0.1, -0.05) is 0 Å². The summed E-state index contributed by atoms with van der Waals surface area (Å²) in [5.41, 5.74) is 5.29. The minimum absolute atomic E-state index is 0.126. The molecule has 0 radical (unpaired) electrons. The third-order valence-corrected chi connectivity index (χ3v) is 3.20. The molecular formula is C9H11NOS. The molecule has 2 nitrogen and oxygen atoms in total. The Morgan fingerprint density at radius 1 is 1.58 bits per heavy atom. The first-order valence-electron chi connectivity index (χ1n) is 4.02. The number of nitrogens with two attached hydrogens (primary N) is 1. The Morgan fingerprint density at radius 2 is 2.25 bits per heavy atom. The van der Waals surface area contributed by atoms with Gasteiger partial charge in [0.1, 0.15) is 0 Å². The molecule has 64 valence electrons. The first-order valence-corrected chi connectivity index (χ1v) is 4.84. The minimum atomic E-state index is -0.503. The van der Waals surface area contributed by atoms with Gasteiger partial charge in [-0.25, -0.2) is 0 Å². The number of carbonyl (C=O) groups is 1. The van der Waals surface area contributed by atoms with E-state index in [-0.39, 0.29) is 5.78 Å². The van der Waals surface area contributed by atoms with Crippen LogP contribution in [0, 0.1) is 6.92 Å². The van der Waals surface area contributed by atoms with Crippen LogP contribution in [0.4, 0.5) is 0 Å². The Kier molecular flexibility index (Phi) is 1.59. The van der Waals surface area contributed by atoms with Crippen LogP contribution in [0.5, 0.6) is 0 Å². The van der Waals surface area contributed by atoms with E-state index in [1.54, 1.807) is 0 Å². The first-order chi connectivity index (χ1) is 5.62. The van der Waals surface area contributed by atoms with Crippen LogP contribution in [0.15, 0.2) is 12.1 Å². The predicted octanol–water partition coefficient (Wildman–Crippen LogP) is 1.73. The van der Waals surface area contributed by atoms with Gasteiger partial charge in [0, 0.05) is 4.88 Å². The summed E-state index contributed by atoms with van der Waals surface area (Å²) in [5.74, 6) is 0.126. The van der Waals surface area contributed by atoms with E-state index in [1.165, 1.54) is 16.2 Å². The van der Waals surface area contributed by atoms with Crippen molar-refractivity contribution in [3.05, 3.63) is 21.9 Å². The van der Waals surface area contributed by atoms with Crippen LogP contribution in [0.25, 0.3) is 0 Å². The van der Waals surface area contributed by atoms with Crippen molar-refractivity contribution in [2.45, 2.75) is 25.3 Å². The van der Waals surface area contributed by atoms with Crippen LogP contribution in [-0.4, -0.2) is 11.3 Å². The van der Waals surface area contributed by atoms with Gasteiger partial charge in [0.15, 0.2) is 5.78 Å². The highest BCUT2D eigenvalue weighted by Crippen LogP contribution is 2.36. The summed E-state index contributed by atoms with van der Waals surface area (Å²) in [5, 5.41) is 0. The summed E-state index contributed by atoms with van der Waals surface area (Å²) in [6, 6.07) is 3.83. The normalized spacial score (nSPS) is 19.2. The molecule has 2 rings (SSSR count). The van der Waals surface area contributed by atoms with E-state index in [9.17, 15) is 4.79 Å². The second-order valence-corrected chi connectivity index (χ2v) is 4.68. The maximum atomic E-state index is 11.6. The molecule has 1 fully saturated rings. The van der Waals surface area contributed by atoms with Crippen LogP contribution in [-0.2, 0) is 0 Å². The average molecular weight is 181 g/mol. The largest absolute Gasteiger partial charge is 0.319 e. The van der Waals surface area contributed by atoms with E-state index in [2.05, 4.69) is 0 Å². The fourth-order valence-corrected chi connectivity index (χ4v) is 2.08. The standard InChI is InChI=1S/C9H11NOS/c1-6-2-3-7(12-6)8(11)9(10)4-5-9/h2-3H,4-5,10H2,1H3. The molecule has 0 unspecified atom stereocenters. The summed E-state index contributed by atoms with van der Waals surface area (Å²) >= 11 is 1.53. The Labute approximate surface area is 75.4 Å². The molecule has 0 spiro atoms. The van der Waals surface area contributed by atoms with Crippen molar-refractivity contribution >= 4 is 17.1 Å². The molecule has 1 aromatic heterocycles. The monoisotopic (exact) mass is 181 g/mol. The van der Waals surface area contributed by atoms with Crippen LogP contribution in [0.2, 0.25) is 0 Å². The lowest BCUT2D eigenvalue weighted by Gasteiger charge is -2.03. The van der Waals surface area contributed by atoms with Crippen LogP contribution in [0.1, 0.15) is 27.4 Å². The van der Waals surface area contributed by atoms with E-state index in [4.69, 9.17) is 5.73 Å². The lowest BCUT2D eigenvalue weighted by Crippen LogP contribution is -2.32. The van der Waals surface area contributed by atoms with Gasteiger partial charge in [-0.15, -0.1) is 11.3 Å². The second-order valence-electron chi connectivity index (χ2n) is 3.40. The zero-order valence-corrected chi connectivity index (χ0v) is 7.78. The summed E-state index contributed by atoms with van der Waals surface area (Å²) in [6.45, 7) is 2.00. The fourth-order valence-electron chi connectivity index (χ4n) is 1.16. The lowest BCUT2D eigenvalue weighted by atomic mass is 10.1. The van der Waals surface area contributed by atoms with Gasteiger partial charge >= 0.3 is 0 Å². The number of Topliss-reactive ketones (excluding diaryl/α,β-unsaturated/α-hetero) is 1. The van der Waals surface area contributed by atoms with E-state index in [0.717, 1.165) is 17.7 Å². The Hall–Kier alpha value is -0.670. The second kappa shape index (κ2) is 2.41. The van der Waals surface area contributed by atoms with Crippen molar-refractivity contribution in [2.75, 3.05) is 0 Å². The summed E-state index contributed by atoms with van der Waals surface area (Å²) in [6.07, 6.45) is 1.70. The number of carbonyl (C=O) groups excluding carboxylic acids is 1. The van der Waals surface area contributed by atoms with Gasteiger partial charge in [-0.2, -0.15) is 0 Å². The van der Waals surface area contributed by atoms with Crippen molar-refractivity contribution < 1.29 is 4.79 Å². The van der Waals surface area contributed by atoms with Gasteiger partial charge in [-0.05, 0) is 31.9 Å². The molecule has 1 aliphatic rings. The van der Waals surface area contributed by atoms with Crippen LogP contribution >= 0.6 is 11.3 Å². The van der Waals surface area contributed by atoms with E-state index >= 15 is 0 Å². The van der Waals surface area contributed by atoms with Crippen molar-refractivity contribution in [2.24, 2.45) is 5.73 Å². The molecule has 2 N–H and O–H groups in total. The molecular weight excluding hydrogens is 170 g/mol. The molecule has 0 aliphatic heterocycles. The summed E-state index contributed by atoms with van der Waals surface area (Å²) in [4.78, 5) is 13.6. The molecule has 1 aliphatic carbocycles.